The zero-order valence-corrected chi connectivity index (χ0v) is 15.1. The fourth-order valence-corrected chi connectivity index (χ4v) is 5.49. The van der Waals surface area contributed by atoms with Crippen molar-refractivity contribution in [2.75, 3.05) is 13.7 Å². The highest BCUT2D eigenvalue weighted by Crippen LogP contribution is 2.50. The lowest BCUT2D eigenvalue weighted by Gasteiger charge is -2.54. The highest BCUT2D eigenvalue weighted by molar-refractivity contribution is 5.72. The molecule has 4 rings (SSSR count). The number of carbonyl (C=O) groups is 1. The molecule has 3 N–H and O–H groups in total. The Morgan fingerprint density at radius 1 is 1.43 bits per heavy atom. The fourth-order valence-electron chi connectivity index (χ4n) is 5.49. The summed E-state index contributed by atoms with van der Waals surface area (Å²) in [5.74, 6) is -2.07. The molecule has 0 amide bonds. The van der Waals surface area contributed by atoms with Crippen LogP contribution in [0.2, 0.25) is 0 Å². The fraction of sp³-hybridized carbons (Fsp3) is 0.556. The average molecular weight is 388 g/mol. The maximum absolute atomic E-state index is 11.8. The SMILES string of the molecule is CN1[C@@H]2[C@H](C(=O)O)C[C@H]1C(C#N)N1[C@@H](CO)c3c(ccc([N+](=O)[O-])c3O)C[C@@H]21. The number of nitro benzene ring substituents is 1. The first-order valence-corrected chi connectivity index (χ1v) is 9.03. The Balaban J connectivity index is 1.89. The Morgan fingerprint density at radius 2 is 2.14 bits per heavy atom. The topological polar surface area (TPSA) is 151 Å². The third-order valence-corrected chi connectivity index (χ3v) is 6.59. The standard InChI is InChI=1S/C18H20N4O6/c1-20-11-5-9(18(25)26)16(20)12-4-8-2-3-10(22(27)28)17(24)15(8)14(7-23)21(12)13(11)6-19/h2-3,9,11-14,16,23-24H,4-5,7H2,1H3,(H,25,26)/t9-,11+,12+,13?,14+,16-/m1/s1. The highest BCUT2D eigenvalue weighted by Gasteiger charge is 2.59. The second kappa shape index (κ2) is 6.41. The van der Waals surface area contributed by atoms with Crippen molar-refractivity contribution in [2.45, 2.75) is 43.1 Å². The summed E-state index contributed by atoms with van der Waals surface area (Å²) in [6.07, 6.45) is 0.656. The van der Waals surface area contributed by atoms with Crippen LogP contribution in [0.3, 0.4) is 0 Å². The monoisotopic (exact) mass is 388 g/mol. The first-order chi connectivity index (χ1) is 13.3. The average Bonchev–Trinajstić information content (AvgIpc) is 2.90. The summed E-state index contributed by atoms with van der Waals surface area (Å²) in [5.41, 5.74) is 0.427. The molecule has 28 heavy (non-hydrogen) atoms. The number of hydrogen-bond donors (Lipinski definition) is 3. The molecule has 10 heteroatoms. The molecule has 2 fully saturated rings. The van der Waals surface area contributed by atoms with Gasteiger partial charge in [-0.05, 0) is 25.5 Å². The van der Waals surface area contributed by atoms with Gasteiger partial charge in [0.25, 0.3) is 0 Å². The number of hydrogen-bond acceptors (Lipinski definition) is 8. The van der Waals surface area contributed by atoms with Crippen LogP contribution in [0.25, 0.3) is 0 Å². The van der Waals surface area contributed by atoms with Crippen LogP contribution in [0.15, 0.2) is 12.1 Å². The van der Waals surface area contributed by atoms with Crippen LogP contribution in [-0.4, -0.2) is 73.8 Å². The van der Waals surface area contributed by atoms with Crippen molar-refractivity contribution in [3.05, 3.63) is 33.4 Å². The number of benzene rings is 1. The Labute approximate surface area is 160 Å². The van der Waals surface area contributed by atoms with Crippen molar-refractivity contribution in [1.29, 1.82) is 5.26 Å². The minimum absolute atomic E-state index is 0.254. The number of aliphatic hydroxyl groups excluding tert-OH is 1. The van der Waals surface area contributed by atoms with Gasteiger partial charge >= 0.3 is 11.7 Å². The van der Waals surface area contributed by atoms with Gasteiger partial charge in [-0.1, -0.05) is 6.07 Å². The second-order valence-electron chi connectivity index (χ2n) is 7.66. The van der Waals surface area contributed by atoms with Crippen LogP contribution in [0, 0.1) is 27.4 Å². The van der Waals surface area contributed by atoms with Crippen molar-refractivity contribution < 1.29 is 25.0 Å². The molecule has 3 aliphatic rings. The summed E-state index contributed by atoms with van der Waals surface area (Å²) in [6.45, 7) is -0.447. The van der Waals surface area contributed by atoms with Gasteiger partial charge in [0, 0.05) is 29.8 Å². The van der Waals surface area contributed by atoms with Gasteiger partial charge in [-0.25, -0.2) is 0 Å². The minimum Gasteiger partial charge on any atom is -0.502 e. The number of aliphatic carboxylic acids is 1. The van der Waals surface area contributed by atoms with Crippen molar-refractivity contribution in [1.82, 2.24) is 9.80 Å². The van der Waals surface area contributed by atoms with Gasteiger partial charge < -0.3 is 15.3 Å². The van der Waals surface area contributed by atoms with Gasteiger partial charge in [0.2, 0.25) is 0 Å². The zero-order valence-electron chi connectivity index (χ0n) is 15.1. The van der Waals surface area contributed by atoms with E-state index in [-0.39, 0.29) is 23.7 Å². The first-order valence-electron chi connectivity index (χ1n) is 9.03. The number of carboxylic acids is 1. The van der Waals surface area contributed by atoms with E-state index in [1.54, 1.807) is 11.0 Å². The van der Waals surface area contributed by atoms with Crippen LogP contribution in [-0.2, 0) is 11.2 Å². The lowest BCUT2D eigenvalue weighted by molar-refractivity contribution is -0.386. The number of nitrogens with zero attached hydrogens (tertiary/aromatic N) is 4. The number of likely N-dealkylation sites (N-methyl/N-ethyl adjacent to an activating group) is 1. The third kappa shape index (κ3) is 2.33. The van der Waals surface area contributed by atoms with E-state index in [0.29, 0.717) is 18.4 Å². The van der Waals surface area contributed by atoms with Crippen molar-refractivity contribution in [3.8, 4) is 11.8 Å². The Bertz CT molecular complexity index is 899. The minimum atomic E-state index is -0.921. The molecular formula is C18H20N4O6. The number of aliphatic hydroxyl groups is 1. The lowest BCUT2D eigenvalue weighted by atomic mass is 9.80. The predicted octanol–water partition coefficient (Wildman–Crippen LogP) is 0.240. The first kappa shape index (κ1) is 18.6. The molecule has 6 atom stereocenters. The second-order valence-corrected chi connectivity index (χ2v) is 7.66. The van der Waals surface area contributed by atoms with Crippen molar-refractivity contribution >= 4 is 11.7 Å². The molecule has 1 aromatic carbocycles. The van der Waals surface area contributed by atoms with Gasteiger partial charge in [0.1, 0.15) is 6.04 Å². The van der Waals surface area contributed by atoms with E-state index in [1.165, 1.54) is 6.07 Å². The molecule has 10 nitrogen and oxygen atoms in total. The van der Waals surface area contributed by atoms with Gasteiger partial charge in [0.15, 0.2) is 5.75 Å². The number of phenolic OH excluding ortho intramolecular Hbond substituents is 1. The molecule has 0 aromatic heterocycles. The number of carboxylic acid groups (broad SMARTS) is 1. The van der Waals surface area contributed by atoms with E-state index < -0.39 is 46.9 Å². The summed E-state index contributed by atoms with van der Waals surface area (Å²) >= 11 is 0. The Morgan fingerprint density at radius 3 is 2.71 bits per heavy atom. The molecule has 0 saturated carbocycles. The van der Waals surface area contributed by atoms with E-state index in [2.05, 4.69) is 6.07 Å². The summed E-state index contributed by atoms with van der Waals surface area (Å²) < 4.78 is 0. The summed E-state index contributed by atoms with van der Waals surface area (Å²) in [4.78, 5) is 26.1. The largest absolute Gasteiger partial charge is 0.502 e. The van der Waals surface area contributed by atoms with Crippen LogP contribution in [0.4, 0.5) is 5.69 Å². The molecule has 2 bridgehead atoms. The summed E-state index contributed by atoms with van der Waals surface area (Å²) in [6, 6.07) is 2.45. The normalized spacial score (nSPS) is 34.3. The molecular weight excluding hydrogens is 368 g/mol. The quantitative estimate of drug-likeness (QED) is 0.488. The number of nitro groups is 1. The van der Waals surface area contributed by atoms with Crippen LogP contribution in [0.1, 0.15) is 23.6 Å². The zero-order chi connectivity index (χ0) is 20.3. The molecule has 2 saturated heterocycles. The summed E-state index contributed by atoms with van der Waals surface area (Å²) in [5, 5.41) is 51.4. The Kier molecular flexibility index (Phi) is 4.26. The smallest absolute Gasteiger partial charge is 0.311 e. The van der Waals surface area contributed by atoms with E-state index >= 15 is 0 Å². The maximum Gasteiger partial charge on any atom is 0.311 e. The number of nitriles is 1. The molecule has 0 radical (unpaired) electrons. The number of piperazine rings is 1. The van der Waals surface area contributed by atoms with Crippen LogP contribution >= 0.6 is 0 Å². The number of fused-ring (bicyclic) bond motifs is 5. The number of rotatable bonds is 3. The molecule has 0 spiro atoms. The van der Waals surface area contributed by atoms with Crippen molar-refractivity contribution in [2.24, 2.45) is 5.92 Å². The number of aromatic hydroxyl groups is 1. The van der Waals surface area contributed by atoms with Gasteiger partial charge in [-0.2, -0.15) is 5.26 Å². The third-order valence-electron chi connectivity index (χ3n) is 6.59. The van der Waals surface area contributed by atoms with Crippen LogP contribution in [0.5, 0.6) is 5.75 Å². The van der Waals surface area contributed by atoms with Crippen LogP contribution < -0.4 is 0 Å². The van der Waals surface area contributed by atoms with E-state index in [1.807, 2.05) is 11.9 Å². The molecule has 0 aliphatic carbocycles. The van der Waals surface area contributed by atoms with E-state index in [4.69, 9.17) is 0 Å². The molecule has 1 aromatic rings. The van der Waals surface area contributed by atoms with Gasteiger partial charge in [0.05, 0.1) is 29.6 Å². The predicted molar refractivity (Wildman–Crippen MR) is 94.4 cm³/mol. The maximum atomic E-state index is 11.8. The molecule has 3 aliphatic heterocycles. The summed E-state index contributed by atoms with van der Waals surface area (Å²) in [7, 11) is 1.82. The van der Waals surface area contributed by atoms with E-state index in [0.717, 1.165) is 0 Å². The van der Waals surface area contributed by atoms with Gasteiger partial charge in [-0.15, -0.1) is 0 Å². The number of phenols is 1. The van der Waals surface area contributed by atoms with E-state index in [9.17, 15) is 35.5 Å². The molecule has 1 unspecified atom stereocenters. The molecule has 148 valence electrons. The van der Waals surface area contributed by atoms with Crippen molar-refractivity contribution in [3.63, 3.8) is 0 Å². The lowest BCUT2D eigenvalue weighted by Crippen LogP contribution is -2.67. The highest BCUT2D eigenvalue weighted by atomic mass is 16.6. The Hall–Kier alpha value is -2.74. The molecule has 3 heterocycles. The van der Waals surface area contributed by atoms with Gasteiger partial charge in [-0.3, -0.25) is 24.7 Å².